The number of amides is 3. The van der Waals surface area contributed by atoms with Gasteiger partial charge in [-0.2, -0.15) is 0 Å². The van der Waals surface area contributed by atoms with Crippen molar-refractivity contribution >= 4 is 29.2 Å². The fraction of sp³-hybridized carbons (Fsp3) is 0.250. The molecule has 3 amide bonds. The lowest BCUT2D eigenvalue weighted by Crippen LogP contribution is -2.46. The molecule has 1 saturated heterocycles. The zero-order chi connectivity index (χ0) is 21.6. The van der Waals surface area contributed by atoms with E-state index in [2.05, 4.69) is 10.6 Å². The molecule has 1 atom stereocenters. The van der Waals surface area contributed by atoms with Gasteiger partial charge >= 0.3 is 6.03 Å². The summed E-state index contributed by atoms with van der Waals surface area (Å²) in [4.78, 5) is 26.9. The Hall–Kier alpha value is -3.25. The Bertz CT molecular complexity index is 1030. The standard InChI is InChI=1S/C24H24ClN3O3/c25-19-10-8-17(9-11-19)22-13-12-21(31-22)15-26-23(29)18-5-4-14-28(16-18)24(30)27-20-6-2-1-3-7-20/h1-3,6-13,18H,4-5,14-16H2,(H,26,29)(H,27,30)/t18-/m0/s1. The third-order valence-corrected chi connectivity index (χ3v) is 5.58. The Balaban J connectivity index is 1.29. The summed E-state index contributed by atoms with van der Waals surface area (Å²) in [7, 11) is 0. The van der Waals surface area contributed by atoms with Crippen molar-refractivity contribution < 1.29 is 14.0 Å². The number of hydrogen-bond donors (Lipinski definition) is 2. The summed E-state index contributed by atoms with van der Waals surface area (Å²) in [6, 6.07) is 20.3. The minimum Gasteiger partial charge on any atom is -0.459 e. The van der Waals surface area contributed by atoms with Gasteiger partial charge in [0.05, 0.1) is 12.5 Å². The van der Waals surface area contributed by atoms with E-state index in [0.717, 1.165) is 29.9 Å². The van der Waals surface area contributed by atoms with E-state index >= 15 is 0 Å². The molecule has 0 saturated carbocycles. The van der Waals surface area contributed by atoms with Crippen LogP contribution < -0.4 is 10.6 Å². The Morgan fingerprint density at radius 1 is 1.03 bits per heavy atom. The highest BCUT2D eigenvalue weighted by Crippen LogP contribution is 2.24. The van der Waals surface area contributed by atoms with Crippen molar-refractivity contribution in [1.82, 2.24) is 10.2 Å². The zero-order valence-electron chi connectivity index (χ0n) is 17.0. The molecule has 4 rings (SSSR count). The second-order valence-electron chi connectivity index (χ2n) is 7.57. The summed E-state index contributed by atoms with van der Waals surface area (Å²) < 4.78 is 5.84. The summed E-state index contributed by atoms with van der Waals surface area (Å²) in [5.41, 5.74) is 1.67. The first-order valence-corrected chi connectivity index (χ1v) is 10.7. The van der Waals surface area contributed by atoms with E-state index in [-0.39, 0.29) is 17.9 Å². The first-order valence-electron chi connectivity index (χ1n) is 10.3. The molecule has 6 nitrogen and oxygen atoms in total. The molecule has 0 radical (unpaired) electrons. The van der Waals surface area contributed by atoms with Gasteiger partial charge in [-0.3, -0.25) is 4.79 Å². The Kier molecular flexibility index (Phi) is 6.57. The predicted octanol–water partition coefficient (Wildman–Crippen LogP) is 5.16. The smallest absolute Gasteiger partial charge is 0.321 e. The Labute approximate surface area is 186 Å². The lowest BCUT2D eigenvalue weighted by Gasteiger charge is -2.32. The van der Waals surface area contributed by atoms with E-state index in [9.17, 15) is 9.59 Å². The normalized spacial score (nSPS) is 16.0. The van der Waals surface area contributed by atoms with Crippen molar-refractivity contribution in [2.75, 3.05) is 18.4 Å². The van der Waals surface area contributed by atoms with Crippen molar-refractivity contribution in [3.8, 4) is 11.3 Å². The van der Waals surface area contributed by atoms with E-state index in [1.165, 1.54) is 0 Å². The van der Waals surface area contributed by atoms with Crippen LogP contribution in [0, 0.1) is 5.92 Å². The highest BCUT2D eigenvalue weighted by atomic mass is 35.5. The second kappa shape index (κ2) is 9.71. The van der Waals surface area contributed by atoms with Crippen LogP contribution in [0.2, 0.25) is 5.02 Å². The maximum absolute atomic E-state index is 12.7. The van der Waals surface area contributed by atoms with Gasteiger partial charge in [0.15, 0.2) is 0 Å². The topological polar surface area (TPSA) is 74.6 Å². The number of furan rings is 1. The van der Waals surface area contributed by atoms with Crippen LogP contribution in [0.3, 0.4) is 0 Å². The monoisotopic (exact) mass is 437 g/mol. The molecule has 2 heterocycles. The van der Waals surface area contributed by atoms with Crippen molar-refractivity contribution in [1.29, 1.82) is 0 Å². The van der Waals surface area contributed by atoms with E-state index in [1.54, 1.807) is 4.90 Å². The van der Waals surface area contributed by atoms with Crippen LogP contribution in [0.15, 0.2) is 71.1 Å². The minimum absolute atomic E-state index is 0.0679. The third kappa shape index (κ3) is 5.47. The van der Waals surface area contributed by atoms with E-state index < -0.39 is 0 Å². The van der Waals surface area contributed by atoms with Gasteiger partial charge in [-0.15, -0.1) is 0 Å². The average Bonchev–Trinajstić information content (AvgIpc) is 3.28. The molecule has 1 aromatic heterocycles. The summed E-state index contributed by atoms with van der Waals surface area (Å²) in [5.74, 6) is 1.10. The van der Waals surface area contributed by atoms with Crippen LogP contribution in [-0.4, -0.2) is 29.9 Å². The van der Waals surface area contributed by atoms with Crippen LogP contribution >= 0.6 is 11.6 Å². The minimum atomic E-state index is -0.235. The van der Waals surface area contributed by atoms with Gasteiger partial charge in [-0.1, -0.05) is 29.8 Å². The number of carbonyl (C=O) groups is 2. The van der Waals surface area contributed by atoms with Crippen molar-refractivity contribution in [2.24, 2.45) is 5.92 Å². The molecule has 7 heteroatoms. The average molecular weight is 438 g/mol. The number of hydrogen-bond acceptors (Lipinski definition) is 3. The number of rotatable bonds is 5. The van der Waals surface area contributed by atoms with Crippen LogP contribution in [0.1, 0.15) is 18.6 Å². The molecule has 1 aliphatic rings. The number of anilines is 1. The molecule has 0 bridgehead atoms. The lowest BCUT2D eigenvalue weighted by atomic mass is 9.97. The number of nitrogens with zero attached hydrogens (tertiary/aromatic N) is 1. The maximum atomic E-state index is 12.7. The molecule has 1 fully saturated rings. The van der Waals surface area contributed by atoms with E-state index in [0.29, 0.717) is 30.4 Å². The highest BCUT2D eigenvalue weighted by molar-refractivity contribution is 6.30. The van der Waals surface area contributed by atoms with Gasteiger partial charge < -0.3 is 20.0 Å². The summed E-state index contributed by atoms with van der Waals surface area (Å²) in [6.45, 7) is 1.35. The van der Waals surface area contributed by atoms with Crippen molar-refractivity contribution in [2.45, 2.75) is 19.4 Å². The first kappa shape index (κ1) is 21.0. The largest absolute Gasteiger partial charge is 0.459 e. The van der Waals surface area contributed by atoms with Gasteiger partial charge in [-0.25, -0.2) is 4.79 Å². The van der Waals surface area contributed by atoms with Crippen molar-refractivity contribution in [3.63, 3.8) is 0 Å². The molecule has 0 spiro atoms. The number of nitrogens with one attached hydrogen (secondary N) is 2. The van der Waals surface area contributed by atoms with Crippen LogP contribution in [-0.2, 0) is 11.3 Å². The molecule has 2 aromatic carbocycles. The molecule has 0 unspecified atom stereocenters. The SMILES string of the molecule is O=C(NCc1ccc(-c2ccc(Cl)cc2)o1)[C@H]1CCCN(C(=O)Nc2ccccc2)C1. The molecular weight excluding hydrogens is 414 g/mol. The number of likely N-dealkylation sites (tertiary alicyclic amines) is 1. The fourth-order valence-corrected chi connectivity index (χ4v) is 3.79. The molecule has 160 valence electrons. The fourth-order valence-electron chi connectivity index (χ4n) is 3.66. The molecule has 31 heavy (non-hydrogen) atoms. The number of halogens is 1. The van der Waals surface area contributed by atoms with Crippen LogP contribution in [0.25, 0.3) is 11.3 Å². The Morgan fingerprint density at radius 2 is 1.81 bits per heavy atom. The van der Waals surface area contributed by atoms with E-state index in [1.807, 2.05) is 66.7 Å². The number of urea groups is 1. The number of para-hydroxylation sites is 1. The summed E-state index contributed by atoms with van der Waals surface area (Å²) in [6.07, 6.45) is 1.55. The van der Waals surface area contributed by atoms with Crippen LogP contribution in [0.4, 0.5) is 10.5 Å². The number of piperidine rings is 1. The summed E-state index contributed by atoms with van der Waals surface area (Å²) in [5, 5.41) is 6.49. The zero-order valence-corrected chi connectivity index (χ0v) is 17.8. The van der Waals surface area contributed by atoms with Gasteiger partial charge in [0.25, 0.3) is 0 Å². The lowest BCUT2D eigenvalue weighted by molar-refractivity contribution is -0.126. The second-order valence-corrected chi connectivity index (χ2v) is 8.01. The third-order valence-electron chi connectivity index (χ3n) is 5.33. The predicted molar refractivity (Wildman–Crippen MR) is 121 cm³/mol. The molecule has 1 aliphatic heterocycles. The first-order chi connectivity index (χ1) is 15.1. The van der Waals surface area contributed by atoms with Gasteiger partial charge in [0.1, 0.15) is 11.5 Å². The highest BCUT2D eigenvalue weighted by Gasteiger charge is 2.28. The van der Waals surface area contributed by atoms with Gasteiger partial charge in [0, 0.05) is 29.4 Å². The summed E-state index contributed by atoms with van der Waals surface area (Å²) >= 11 is 5.93. The Morgan fingerprint density at radius 3 is 2.58 bits per heavy atom. The maximum Gasteiger partial charge on any atom is 0.321 e. The number of carbonyl (C=O) groups excluding carboxylic acids is 2. The van der Waals surface area contributed by atoms with Gasteiger partial charge in [0.2, 0.25) is 5.91 Å². The van der Waals surface area contributed by atoms with E-state index in [4.69, 9.17) is 16.0 Å². The van der Waals surface area contributed by atoms with Crippen molar-refractivity contribution in [3.05, 3.63) is 77.5 Å². The molecular formula is C24H24ClN3O3. The van der Waals surface area contributed by atoms with Crippen LogP contribution in [0.5, 0.6) is 0 Å². The molecule has 2 N–H and O–H groups in total. The molecule has 3 aromatic rings. The number of benzene rings is 2. The molecule has 0 aliphatic carbocycles. The quantitative estimate of drug-likeness (QED) is 0.578. The van der Waals surface area contributed by atoms with Gasteiger partial charge in [-0.05, 0) is 61.4 Å².